The molecule has 6 heteroatoms. The maximum atomic E-state index is 12.6. The maximum absolute atomic E-state index is 12.6. The van der Waals surface area contributed by atoms with E-state index < -0.39 is 5.60 Å². The first-order valence-electron chi connectivity index (χ1n) is 12.0. The van der Waals surface area contributed by atoms with E-state index in [-0.39, 0.29) is 22.8 Å². The van der Waals surface area contributed by atoms with Gasteiger partial charge in [-0.3, -0.25) is 4.79 Å². The van der Waals surface area contributed by atoms with Crippen molar-refractivity contribution >= 4 is 5.91 Å². The second-order valence-electron chi connectivity index (χ2n) is 10.8. The molecule has 3 N–H and O–H groups in total. The van der Waals surface area contributed by atoms with Gasteiger partial charge in [-0.05, 0) is 61.8 Å². The Morgan fingerprint density at radius 1 is 1.16 bits per heavy atom. The predicted molar refractivity (Wildman–Crippen MR) is 127 cm³/mol. The van der Waals surface area contributed by atoms with Crippen LogP contribution in [0.2, 0.25) is 0 Å². The summed E-state index contributed by atoms with van der Waals surface area (Å²) in [6, 6.07) is 8.42. The molecule has 2 saturated carbocycles. The number of benzene rings is 1. The lowest BCUT2D eigenvalue weighted by molar-refractivity contribution is -0.123. The first kappa shape index (κ1) is 25.0. The summed E-state index contributed by atoms with van der Waals surface area (Å²) in [5.41, 5.74) is 0.595. The SMILES string of the molecule is COCCNC(=O)CC[C@@]12CC[C@@](C)(O)C[C@H]1C(C)(C)C[C@@H]2NCc1ccccc1OC. The van der Waals surface area contributed by atoms with Gasteiger partial charge in [0.25, 0.3) is 0 Å². The molecule has 2 fully saturated rings. The van der Waals surface area contributed by atoms with Gasteiger partial charge in [-0.15, -0.1) is 0 Å². The van der Waals surface area contributed by atoms with Crippen LogP contribution < -0.4 is 15.4 Å². The molecule has 0 radical (unpaired) electrons. The molecule has 0 heterocycles. The quantitative estimate of drug-likeness (QED) is 0.478. The van der Waals surface area contributed by atoms with Crippen LogP contribution in [-0.4, -0.2) is 50.0 Å². The van der Waals surface area contributed by atoms with Gasteiger partial charge in [-0.1, -0.05) is 32.0 Å². The van der Waals surface area contributed by atoms with Crippen molar-refractivity contribution in [1.82, 2.24) is 10.6 Å². The zero-order valence-electron chi connectivity index (χ0n) is 20.5. The van der Waals surface area contributed by atoms with E-state index in [4.69, 9.17) is 9.47 Å². The van der Waals surface area contributed by atoms with E-state index in [0.717, 1.165) is 50.0 Å². The summed E-state index contributed by atoms with van der Waals surface area (Å²) >= 11 is 0. The van der Waals surface area contributed by atoms with Gasteiger partial charge < -0.3 is 25.2 Å². The van der Waals surface area contributed by atoms with Crippen LogP contribution in [0, 0.1) is 16.7 Å². The maximum Gasteiger partial charge on any atom is 0.220 e. The van der Waals surface area contributed by atoms with Crippen LogP contribution in [0.25, 0.3) is 0 Å². The number of hydrogen-bond donors (Lipinski definition) is 3. The second kappa shape index (κ2) is 10.1. The highest BCUT2D eigenvalue weighted by Crippen LogP contribution is 2.63. The van der Waals surface area contributed by atoms with Gasteiger partial charge in [0.05, 0.1) is 19.3 Å². The number of hydrogen-bond acceptors (Lipinski definition) is 5. The van der Waals surface area contributed by atoms with Crippen molar-refractivity contribution in [3.8, 4) is 5.75 Å². The van der Waals surface area contributed by atoms with E-state index >= 15 is 0 Å². The summed E-state index contributed by atoms with van der Waals surface area (Å²) in [4.78, 5) is 12.6. The molecule has 1 amide bonds. The molecule has 0 spiro atoms. The molecule has 4 atom stereocenters. The van der Waals surface area contributed by atoms with Crippen molar-refractivity contribution in [2.24, 2.45) is 16.7 Å². The first-order chi connectivity index (χ1) is 15.1. The van der Waals surface area contributed by atoms with Crippen molar-refractivity contribution < 1.29 is 19.4 Å². The molecule has 1 aromatic carbocycles. The van der Waals surface area contributed by atoms with E-state index in [9.17, 15) is 9.90 Å². The van der Waals surface area contributed by atoms with Crippen molar-refractivity contribution in [2.45, 2.75) is 77.5 Å². The van der Waals surface area contributed by atoms with Crippen LogP contribution in [0.1, 0.15) is 64.9 Å². The molecule has 0 saturated heterocycles. The molecule has 0 aromatic heterocycles. The van der Waals surface area contributed by atoms with Crippen LogP contribution in [0.3, 0.4) is 0 Å². The first-order valence-corrected chi connectivity index (χ1v) is 12.0. The lowest BCUT2D eigenvalue weighted by Crippen LogP contribution is -2.51. The normalized spacial score (nSPS) is 31.2. The standard InChI is InChI=1S/C26H42N2O4/c1-24(2)17-22(28-18-19-8-6-7-9-20(19)32-5)26(11-10-23(29)27-14-15-31-4)13-12-25(3,30)16-21(24)26/h6-9,21-22,28,30H,10-18H2,1-5H3,(H,27,29)/t21-,22-,25+,26+/m0/s1. The van der Waals surface area contributed by atoms with Crippen molar-refractivity contribution in [2.75, 3.05) is 27.4 Å². The van der Waals surface area contributed by atoms with Crippen LogP contribution in [0.4, 0.5) is 0 Å². The largest absolute Gasteiger partial charge is 0.496 e. The summed E-state index contributed by atoms with van der Waals surface area (Å²) in [6.07, 6.45) is 4.87. The van der Waals surface area contributed by atoms with E-state index in [1.807, 2.05) is 25.1 Å². The van der Waals surface area contributed by atoms with Crippen LogP contribution in [-0.2, 0) is 16.1 Å². The minimum absolute atomic E-state index is 0.00759. The van der Waals surface area contributed by atoms with E-state index in [0.29, 0.717) is 25.5 Å². The van der Waals surface area contributed by atoms with Gasteiger partial charge in [0.2, 0.25) is 5.91 Å². The molecule has 1 aromatic rings. The molecule has 180 valence electrons. The zero-order valence-corrected chi connectivity index (χ0v) is 20.5. The molecule has 0 aliphatic heterocycles. The highest BCUT2D eigenvalue weighted by atomic mass is 16.5. The molecule has 2 aliphatic rings. The summed E-state index contributed by atoms with van der Waals surface area (Å²) in [5, 5.41) is 17.8. The highest BCUT2D eigenvalue weighted by molar-refractivity contribution is 5.75. The third kappa shape index (κ3) is 5.46. The number of nitrogens with one attached hydrogen (secondary N) is 2. The summed E-state index contributed by atoms with van der Waals surface area (Å²) in [7, 11) is 3.35. The minimum atomic E-state index is -0.635. The number of carbonyl (C=O) groups is 1. The average Bonchev–Trinajstić information content (AvgIpc) is 2.97. The Balaban J connectivity index is 1.79. The van der Waals surface area contributed by atoms with E-state index in [2.05, 4.69) is 30.5 Å². The third-order valence-corrected chi connectivity index (χ3v) is 8.01. The third-order valence-electron chi connectivity index (χ3n) is 8.01. The Morgan fingerprint density at radius 3 is 2.62 bits per heavy atom. The molecular weight excluding hydrogens is 404 g/mol. The van der Waals surface area contributed by atoms with Crippen LogP contribution >= 0.6 is 0 Å². The fourth-order valence-electron chi connectivity index (χ4n) is 6.32. The van der Waals surface area contributed by atoms with Gasteiger partial charge in [0.1, 0.15) is 5.75 Å². The summed E-state index contributed by atoms with van der Waals surface area (Å²) in [5.74, 6) is 1.34. The molecule has 6 nitrogen and oxygen atoms in total. The number of fused-ring (bicyclic) bond motifs is 1. The Hall–Kier alpha value is -1.63. The number of carbonyl (C=O) groups excluding carboxylic acids is 1. The number of amides is 1. The molecule has 32 heavy (non-hydrogen) atoms. The fraction of sp³-hybridized carbons (Fsp3) is 0.731. The number of ether oxygens (including phenoxy) is 2. The van der Waals surface area contributed by atoms with Crippen LogP contribution in [0.5, 0.6) is 5.75 Å². The van der Waals surface area contributed by atoms with E-state index in [1.54, 1.807) is 14.2 Å². The zero-order chi connectivity index (χ0) is 23.4. The topological polar surface area (TPSA) is 79.8 Å². The Labute approximate surface area is 193 Å². The van der Waals surface area contributed by atoms with Gasteiger partial charge in [0, 0.05) is 38.2 Å². The monoisotopic (exact) mass is 446 g/mol. The lowest BCUT2D eigenvalue weighted by Gasteiger charge is -2.51. The second-order valence-corrected chi connectivity index (χ2v) is 10.8. The van der Waals surface area contributed by atoms with Gasteiger partial charge in [-0.25, -0.2) is 0 Å². The summed E-state index contributed by atoms with van der Waals surface area (Å²) in [6.45, 7) is 8.43. The van der Waals surface area contributed by atoms with E-state index in [1.165, 1.54) is 0 Å². The van der Waals surface area contributed by atoms with Gasteiger partial charge in [-0.2, -0.15) is 0 Å². The number of aliphatic hydroxyl groups is 1. The minimum Gasteiger partial charge on any atom is -0.496 e. The fourth-order valence-corrected chi connectivity index (χ4v) is 6.32. The summed E-state index contributed by atoms with van der Waals surface area (Å²) < 4.78 is 10.6. The Morgan fingerprint density at radius 2 is 1.91 bits per heavy atom. The smallest absolute Gasteiger partial charge is 0.220 e. The molecular formula is C26H42N2O4. The van der Waals surface area contributed by atoms with Crippen molar-refractivity contribution in [1.29, 1.82) is 0 Å². The van der Waals surface area contributed by atoms with Crippen LogP contribution in [0.15, 0.2) is 24.3 Å². The molecule has 0 unspecified atom stereocenters. The highest BCUT2D eigenvalue weighted by Gasteiger charge is 2.61. The van der Waals surface area contributed by atoms with Crippen molar-refractivity contribution in [3.63, 3.8) is 0 Å². The lowest BCUT2D eigenvalue weighted by atomic mass is 9.57. The van der Waals surface area contributed by atoms with Gasteiger partial charge in [0.15, 0.2) is 0 Å². The number of methoxy groups -OCH3 is 2. The molecule has 0 bridgehead atoms. The Bertz CT molecular complexity index is 779. The molecule has 2 aliphatic carbocycles. The van der Waals surface area contributed by atoms with Gasteiger partial charge >= 0.3 is 0 Å². The van der Waals surface area contributed by atoms with Crippen molar-refractivity contribution in [3.05, 3.63) is 29.8 Å². The average molecular weight is 447 g/mol. The number of rotatable bonds is 10. The molecule has 3 rings (SSSR count). The number of para-hydroxylation sites is 1. The predicted octanol–water partition coefficient (Wildman–Crippen LogP) is 3.66. The Kier molecular flexibility index (Phi) is 7.89.